The summed E-state index contributed by atoms with van der Waals surface area (Å²) in [6.07, 6.45) is 7.73. The minimum absolute atomic E-state index is 1.17. The molecule has 1 aromatic rings. The van der Waals surface area contributed by atoms with Crippen LogP contribution in [-0.2, 0) is 22.7 Å². The number of aromatic nitrogens is 2. The molecule has 1 heterocycles. The van der Waals surface area contributed by atoms with E-state index in [2.05, 4.69) is 23.5 Å². The third-order valence-corrected chi connectivity index (χ3v) is 1.74. The van der Waals surface area contributed by atoms with Crippen LogP contribution in [-0.4, -0.2) is 4.98 Å². The molecule has 1 N–H and O–H groups in total. The van der Waals surface area contributed by atoms with Gasteiger partial charge in [0, 0.05) is 6.42 Å². The molecule has 93 valence electrons. The monoisotopic (exact) mass is 335 g/mol. The first kappa shape index (κ1) is 15.9. The number of rotatable bonds is 3. The van der Waals surface area contributed by atoms with Gasteiger partial charge < -0.3 is 0 Å². The second kappa shape index (κ2) is 8.05. The van der Waals surface area contributed by atoms with Crippen molar-refractivity contribution in [2.75, 3.05) is 0 Å². The molecule has 0 atom stereocenters. The van der Waals surface area contributed by atoms with E-state index >= 15 is 0 Å². The number of nitrogens with one attached hydrogen (secondary N) is 1. The van der Waals surface area contributed by atoms with E-state index in [1.165, 1.54) is 25.1 Å². The third kappa shape index (κ3) is 11.2. The summed E-state index contributed by atoms with van der Waals surface area (Å²) in [7, 11) is 19.3. The molecule has 2 nitrogen and oxygen atoms in total. The van der Waals surface area contributed by atoms with Crippen molar-refractivity contribution < 1.29 is 13.8 Å². The van der Waals surface area contributed by atoms with Crippen molar-refractivity contribution >= 4 is 40.4 Å². The van der Waals surface area contributed by atoms with Gasteiger partial charge in [0.15, 0.2) is 0 Å². The molecule has 7 heteroatoms. The molecule has 0 unspecified atom stereocenters. The quantitative estimate of drug-likeness (QED) is 0.637. The summed E-state index contributed by atoms with van der Waals surface area (Å²) in [6, 6.07) is 0. The number of hydrogen-bond donors (Lipinski definition) is 1. The van der Waals surface area contributed by atoms with Gasteiger partial charge in [-0.15, -0.1) is 0 Å². The fourth-order valence-corrected chi connectivity index (χ4v) is 1.03. The Morgan fingerprint density at radius 1 is 1.33 bits per heavy atom. The molecule has 1 rings (SSSR count). The van der Waals surface area contributed by atoms with Crippen LogP contribution in [0.25, 0.3) is 0 Å². The molecular weight excluding hydrogens is 322 g/mol. The van der Waals surface area contributed by atoms with Crippen LogP contribution >= 0.6 is 40.4 Å². The summed E-state index contributed by atoms with van der Waals surface area (Å²) in [6.45, 7) is 2.21. The molecule has 15 heavy (non-hydrogen) atoms. The van der Waals surface area contributed by atoms with E-state index in [1.54, 1.807) is 0 Å². The van der Waals surface area contributed by atoms with Gasteiger partial charge in [0.2, 0.25) is 0 Å². The Kier molecular flexibility index (Phi) is 8.53. The van der Waals surface area contributed by atoms with Gasteiger partial charge in [-0.25, -0.2) is 9.55 Å². The number of hydrogen-bond acceptors (Lipinski definition) is 0. The van der Waals surface area contributed by atoms with Gasteiger partial charge >= 0.3 is 49.6 Å². The Bertz CT molecular complexity index is 266. The van der Waals surface area contributed by atoms with E-state index in [0.717, 1.165) is 0 Å². The Labute approximate surface area is 110 Å². The van der Waals surface area contributed by atoms with Crippen LogP contribution in [0.2, 0.25) is 0 Å². The van der Waals surface area contributed by atoms with Gasteiger partial charge in [0.25, 0.3) is 5.82 Å². The second-order valence-corrected chi connectivity index (χ2v) is 13.9. The molecule has 0 bridgehead atoms. The molecule has 0 spiro atoms. The fourth-order valence-electron chi connectivity index (χ4n) is 1.03. The molecule has 0 fully saturated rings. The number of imidazole rings is 1. The average Bonchev–Trinajstić information content (AvgIpc) is 2.45. The first-order valence-corrected chi connectivity index (χ1v) is 10.5. The molecule has 0 aromatic carbocycles. The van der Waals surface area contributed by atoms with Crippen LogP contribution in [0.1, 0.15) is 25.6 Å². The van der Waals surface area contributed by atoms with Gasteiger partial charge in [-0.1, -0.05) is 13.3 Å². The van der Waals surface area contributed by atoms with Crippen LogP contribution in [0.4, 0.5) is 0 Å². The Hall–Kier alpha value is 0.889. The van der Waals surface area contributed by atoms with E-state index in [-0.39, 0.29) is 0 Å². The van der Waals surface area contributed by atoms with Gasteiger partial charge in [-0.05, 0) is 6.42 Å². The van der Waals surface area contributed by atoms with Crippen molar-refractivity contribution in [3.8, 4) is 0 Å². The van der Waals surface area contributed by atoms with Gasteiger partial charge in [0.1, 0.15) is 12.4 Å². The zero-order valence-corrected chi connectivity index (χ0v) is 12.7. The Morgan fingerprint density at radius 3 is 2.20 bits per heavy atom. The minimum atomic E-state index is -2.61. The van der Waals surface area contributed by atoms with Crippen molar-refractivity contribution in [3.63, 3.8) is 0 Å². The summed E-state index contributed by atoms with van der Waals surface area (Å²) >= 11 is 0. The standard InChI is InChI=1S/C8H14N2.4ClH.Fe/c1-3-4-5-8-9-6-7-10(8)2;;;;;/h6-7H,3-5H2,1-2H3;4*1H;/q;;;;;+3/p-3. The van der Waals surface area contributed by atoms with Crippen molar-refractivity contribution in [1.82, 2.24) is 4.98 Å². The van der Waals surface area contributed by atoms with Crippen LogP contribution < -0.4 is 4.57 Å². The summed E-state index contributed by atoms with van der Waals surface area (Å²) in [5, 5.41) is 0. The Balaban J connectivity index is 0.000000336. The van der Waals surface area contributed by atoms with Gasteiger partial charge in [-0.3, -0.25) is 0 Å². The number of unbranched alkanes of at least 4 members (excludes halogenated alkanes) is 1. The van der Waals surface area contributed by atoms with Crippen LogP contribution in [0.15, 0.2) is 12.4 Å². The molecule has 0 aliphatic heterocycles. The normalized spacial score (nSPS) is 11.9. The van der Waals surface area contributed by atoms with Gasteiger partial charge in [0.05, 0.1) is 7.05 Å². The molecule has 0 aliphatic rings. The number of aryl methyl sites for hydroxylation is 2. The predicted molar refractivity (Wildman–Crippen MR) is 64.0 cm³/mol. The average molecular weight is 337 g/mol. The summed E-state index contributed by atoms with van der Waals surface area (Å²) in [4.78, 5) is 3.20. The zero-order valence-electron chi connectivity index (χ0n) is 8.59. The van der Waals surface area contributed by atoms with E-state index < -0.39 is 9.20 Å². The van der Waals surface area contributed by atoms with E-state index in [9.17, 15) is 0 Å². The predicted octanol–water partition coefficient (Wildman–Crippen LogP) is 3.94. The number of halogens is 4. The van der Waals surface area contributed by atoms with Crippen molar-refractivity contribution in [3.05, 3.63) is 18.2 Å². The van der Waals surface area contributed by atoms with Crippen molar-refractivity contribution in [2.24, 2.45) is 7.05 Å². The molecule has 1 aromatic heterocycles. The van der Waals surface area contributed by atoms with Crippen molar-refractivity contribution in [2.45, 2.75) is 26.2 Å². The molecule has 0 radical (unpaired) electrons. The summed E-state index contributed by atoms with van der Waals surface area (Å²) in [5.41, 5.74) is 0. The maximum atomic E-state index is 4.95. The number of H-pyrrole nitrogens is 1. The summed E-state index contributed by atoms with van der Waals surface area (Å²) in [5.74, 6) is 1.32. The van der Waals surface area contributed by atoms with Crippen LogP contribution in [0.5, 0.6) is 0 Å². The summed E-state index contributed by atoms with van der Waals surface area (Å²) < 4.78 is 2.13. The fraction of sp³-hybridized carbons (Fsp3) is 0.625. The van der Waals surface area contributed by atoms with E-state index in [0.29, 0.717) is 0 Å². The van der Waals surface area contributed by atoms with E-state index in [1.807, 2.05) is 12.4 Å². The van der Waals surface area contributed by atoms with Crippen molar-refractivity contribution in [1.29, 1.82) is 0 Å². The number of aromatic amines is 1. The SMILES string of the molecule is CCCCc1[nH]cc[n+]1C.[Cl][Fe-]([Cl])([Cl])[Cl]. The van der Waals surface area contributed by atoms with Gasteiger partial charge in [-0.2, -0.15) is 0 Å². The molecule has 0 saturated carbocycles. The van der Waals surface area contributed by atoms with E-state index in [4.69, 9.17) is 40.4 Å². The Morgan fingerprint density at radius 2 is 1.87 bits per heavy atom. The van der Waals surface area contributed by atoms with Crippen LogP contribution in [0.3, 0.4) is 0 Å². The maximum absolute atomic E-state index is 4.95. The third-order valence-electron chi connectivity index (χ3n) is 1.74. The second-order valence-electron chi connectivity index (χ2n) is 2.92. The zero-order chi connectivity index (χ0) is 11.9. The molecular formula is C8H15Cl4FeN2. The topological polar surface area (TPSA) is 19.7 Å². The first-order valence-electron chi connectivity index (χ1n) is 4.40. The first-order chi connectivity index (χ1) is 6.84. The number of nitrogens with zero attached hydrogens (tertiary/aromatic N) is 1. The molecule has 0 amide bonds. The molecule has 0 aliphatic carbocycles. The van der Waals surface area contributed by atoms with Crippen LogP contribution in [0, 0.1) is 0 Å². The molecule has 0 saturated heterocycles.